The Labute approximate surface area is 152 Å². The SMILES string of the molecule is COc1ccc(-c2nc(CCNC(=O)Nc3ccccc3)c(C)o2)cc1. The second kappa shape index (κ2) is 8.20. The number of rotatable bonds is 6. The van der Waals surface area contributed by atoms with Gasteiger partial charge in [0.15, 0.2) is 0 Å². The summed E-state index contributed by atoms with van der Waals surface area (Å²) >= 11 is 0. The zero-order valence-corrected chi connectivity index (χ0v) is 14.8. The van der Waals surface area contributed by atoms with Crippen LogP contribution in [-0.4, -0.2) is 24.7 Å². The number of aromatic nitrogens is 1. The highest BCUT2D eigenvalue weighted by Crippen LogP contribution is 2.24. The molecule has 0 spiro atoms. The molecule has 0 saturated carbocycles. The highest BCUT2D eigenvalue weighted by Gasteiger charge is 2.12. The molecule has 0 radical (unpaired) electrons. The average Bonchev–Trinajstić information content (AvgIpc) is 3.03. The lowest BCUT2D eigenvalue weighted by molar-refractivity contribution is 0.252. The van der Waals surface area contributed by atoms with Crippen molar-refractivity contribution in [2.24, 2.45) is 0 Å². The van der Waals surface area contributed by atoms with Gasteiger partial charge in [-0.15, -0.1) is 0 Å². The Morgan fingerprint density at radius 3 is 2.54 bits per heavy atom. The number of anilines is 1. The molecule has 2 aromatic carbocycles. The number of hydrogen-bond donors (Lipinski definition) is 2. The molecule has 0 atom stereocenters. The number of para-hydroxylation sites is 1. The molecule has 2 N–H and O–H groups in total. The van der Waals surface area contributed by atoms with Gasteiger partial charge in [-0.05, 0) is 43.3 Å². The first-order valence-corrected chi connectivity index (χ1v) is 8.36. The molecule has 1 aromatic heterocycles. The molecule has 6 heteroatoms. The largest absolute Gasteiger partial charge is 0.497 e. The number of ether oxygens (including phenoxy) is 1. The Morgan fingerprint density at radius 1 is 1.12 bits per heavy atom. The zero-order chi connectivity index (χ0) is 18.4. The number of aryl methyl sites for hydroxylation is 1. The summed E-state index contributed by atoms with van der Waals surface area (Å²) in [6.07, 6.45) is 0.591. The molecule has 0 aliphatic rings. The van der Waals surface area contributed by atoms with E-state index in [2.05, 4.69) is 15.6 Å². The Morgan fingerprint density at radius 2 is 1.85 bits per heavy atom. The smallest absolute Gasteiger partial charge is 0.319 e. The molecule has 134 valence electrons. The molecular formula is C20H21N3O3. The van der Waals surface area contributed by atoms with Gasteiger partial charge in [0.1, 0.15) is 11.5 Å². The number of hydrogen-bond acceptors (Lipinski definition) is 4. The number of urea groups is 1. The van der Waals surface area contributed by atoms with Gasteiger partial charge in [0.05, 0.1) is 12.8 Å². The maximum absolute atomic E-state index is 11.9. The summed E-state index contributed by atoms with van der Waals surface area (Å²) in [7, 11) is 1.63. The van der Waals surface area contributed by atoms with Crippen LogP contribution in [0.25, 0.3) is 11.5 Å². The maximum Gasteiger partial charge on any atom is 0.319 e. The summed E-state index contributed by atoms with van der Waals surface area (Å²) in [5.41, 5.74) is 2.47. The van der Waals surface area contributed by atoms with E-state index in [1.54, 1.807) is 7.11 Å². The number of benzene rings is 2. The van der Waals surface area contributed by atoms with Gasteiger partial charge in [-0.25, -0.2) is 9.78 Å². The summed E-state index contributed by atoms with van der Waals surface area (Å²) in [6, 6.07) is 16.6. The summed E-state index contributed by atoms with van der Waals surface area (Å²) in [4.78, 5) is 16.4. The van der Waals surface area contributed by atoms with Crippen LogP contribution in [0.1, 0.15) is 11.5 Å². The monoisotopic (exact) mass is 351 g/mol. The molecule has 0 bridgehead atoms. The van der Waals surface area contributed by atoms with Gasteiger partial charge in [0.2, 0.25) is 5.89 Å². The van der Waals surface area contributed by atoms with E-state index in [1.807, 2.05) is 61.5 Å². The lowest BCUT2D eigenvalue weighted by atomic mass is 10.2. The first-order valence-electron chi connectivity index (χ1n) is 8.36. The van der Waals surface area contributed by atoms with Crippen molar-refractivity contribution in [3.8, 4) is 17.2 Å². The third-order valence-electron chi connectivity index (χ3n) is 3.91. The van der Waals surface area contributed by atoms with Crippen LogP contribution < -0.4 is 15.4 Å². The van der Waals surface area contributed by atoms with E-state index in [-0.39, 0.29) is 6.03 Å². The highest BCUT2D eigenvalue weighted by molar-refractivity contribution is 5.89. The van der Waals surface area contributed by atoms with Gasteiger partial charge in [-0.3, -0.25) is 0 Å². The zero-order valence-electron chi connectivity index (χ0n) is 14.8. The van der Waals surface area contributed by atoms with Crippen LogP contribution in [0.5, 0.6) is 5.75 Å². The molecule has 0 aliphatic carbocycles. The van der Waals surface area contributed by atoms with Crippen LogP contribution in [0.4, 0.5) is 10.5 Å². The lowest BCUT2D eigenvalue weighted by Crippen LogP contribution is -2.30. The third-order valence-corrected chi connectivity index (χ3v) is 3.91. The number of amides is 2. The normalized spacial score (nSPS) is 10.4. The summed E-state index contributed by atoms with van der Waals surface area (Å²) in [6.45, 7) is 2.34. The van der Waals surface area contributed by atoms with Crippen molar-refractivity contribution in [1.29, 1.82) is 0 Å². The molecular weight excluding hydrogens is 330 g/mol. The van der Waals surface area contributed by atoms with Crippen molar-refractivity contribution >= 4 is 11.7 Å². The number of nitrogens with zero attached hydrogens (tertiary/aromatic N) is 1. The molecule has 6 nitrogen and oxygen atoms in total. The van der Waals surface area contributed by atoms with E-state index in [4.69, 9.17) is 9.15 Å². The van der Waals surface area contributed by atoms with Crippen molar-refractivity contribution in [3.63, 3.8) is 0 Å². The molecule has 0 fully saturated rings. The van der Waals surface area contributed by atoms with E-state index >= 15 is 0 Å². The molecule has 0 aliphatic heterocycles. The van der Waals surface area contributed by atoms with Gasteiger partial charge >= 0.3 is 6.03 Å². The van der Waals surface area contributed by atoms with E-state index in [9.17, 15) is 4.79 Å². The summed E-state index contributed by atoms with van der Waals surface area (Å²) in [5, 5.41) is 5.60. The minimum atomic E-state index is -0.243. The van der Waals surface area contributed by atoms with E-state index < -0.39 is 0 Å². The second-order valence-electron chi connectivity index (χ2n) is 5.75. The van der Waals surface area contributed by atoms with Crippen LogP contribution in [-0.2, 0) is 6.42 Å². The number of nitrogens with one attached hydrogen (secondary N) is 2. The Balaban J connectivity index is 1.55. The van der Waals surface area contributed by atoms with Crippen molar-refractivity contribution in [2.45, 2.75) is 13.3 Å². The fraction of sp³-hybridized carbons (Fsp3) is 0.200. The van der Waals surface area contributed by atoms with Gasteiger partial charge in [-0.1, -0.05) is 18.2 Å². The first kappa shape index (κ1) is 17.5. The molecule has 0 saturated heterocycles. The summed E-state index contributed by atoms with van der Waals surface area (Å²) < 4.78 is 10.9. The van der Waals surface area contributed by atoms with Gasteiger partial charge in [-0.2, -0.15) is 0 Å². The van der Waals surface area contributed by atoms with E-state index in [0.717, 1.165) is 28.5 Å². The molecule has 3 aromatic rings. The molecule has 3 rings (SSSR count). The highest BCUT2D eigenvalue weighted by atomic mass is 16.5. The van der Waals surface area contributed by atoms with Crippen molar-refractivity contribution in [1.82, 2.24) is 10.3 Å². The number of oxazole rings is 1. The first-order chi connectivity index (χ1) is 12.7. The lowest BCUT2D eigenvalue weighted by Gasteiger charge is -2.06. The predicted molar refractivity (Wildman–Crippen MR) is 100 cm³/mol. The molecule has 1 heterocycles. The third kappa shape index (κ3) is 4.42. The molecule has 2 amide bonds. The molecule has 0 unspecified atom stereocenters. The fourth-order valence-corrected chi connectivity index (χ4v) is 2.51. The van der Waals surface area contributed by atoms with Crippen LogP contribution in [0.15, 0.2) is 59.0 Å². The Bertz CT molecular complexity index is 858. The van der Waals surface area contributed by atoms with Crippen LogP contribution in [0, 0.1) is 6.92 Å². The van der Waals surface area contributed by atoms with Crippen LogP contribution >= 0.6 is 0 Å². The number of methoxy groups -OCH3 is 1. The van der Waals surface area contributed by atoms with Gasteiger partial charge < -0.3 is 19.8 Å². The van der Waals surface area contributed by atoms with E-state index in [1.165, 1.54) is 0 Å². The minimum absolute atomic E-state index is 0.243. The van der Waals surface area contributed by atoms with Crippen molar-refractivity contribution < 1.29 is 13.9 Å². The standard InChI is InChI=1S/C20H21N3O3/c1-14-18(12-13-21-20(24)22-16-6-4-3-5-7-16)23-19(26-14)15-8-10-17(25-2)11-9-15/h3-11H,12-13H2,1-2H3,(H2,21,22,24). The number of carbonyl (C=O) groups is 1. The van der Waals surface area contributed by atoms with Gasteiger partial charge in [0.25, 0.3) is 0 Å². The van der Waals surface area contributed by atoms with Crippen LogP contribution in [0.2, 0.25) is 0 Å². The average molecular weight is 351 g/mol. The van der Waals surface area contributed by atoms with Crippen LogP contribution in [0.3, 0.4) is 0 Å². The predicted octanol–water partition coefficient (Wildman–Crippen LogP) is 4.02. The van der Waals surface area contributed by atoms with Gasteiger partial charge in [0, 0.05) is 24.2 Å². The number of carbonyl (C=O) groups excluding carboxylic acids is 1. The van der Waals surface area contributed by atoms with E-state index in [0.29, 0.717) is 18.9 Å². The minimum Gasteiger partial charge on any atom is -0.497 e. The Hall–Kier alpha value is -3.28. The topological polar surface area (TPSA) is 76.4 Å². The fourth-order valence-electron chi connectivity index (χ4n) is 2.51. The quantitative estimate of drug-likeness (QED) is 0.703. The molecule has 26 heavy (non-hydrogen) atoms. The van der Waals surface area contributed by atoms with Crippen molar-refractivity contribution in [2.75, 3.05) is 19.0 Å². The Kier molecular flexibility index (Phi) is 5.53. The van der Waals surface area contributed by atoms with Crippen molar-refractivity contribution in [3.05, 3.63) is 66.1 Å². The summed E-state index contributed by atoms with van der Waals surface area (Å²) in [5.74, 6) is 2.10. The second-order valence-corrected chi connectivity index (χ2v) is 5.75. The maximum atomic E-state index is 11.9.